The number of carbonyl (C=O) groups is 2. The Kier molecular flexibility index (Phi) is 5.67. The molecule has 1 aliphatic rings. The zero-order valence-corrected chi connectivity index (χ0v) is 19.2. The molecule has 0 spiro atoms. The first-order chi connectivity index (χ1) is 15.2. The Morgan fingerprint density at radius 1 is 0.938 bits per heavy atom. The van der Waals surface area contributed by atoms with Crippen LogP contribution in [0.3, 0.4) is 0 Å². The molecule has 2 aromatic carbocycles. The molecule has 4 rings (SSSR count). The van der Waals surface area contributed by atoms with Crippen LogP contribution in [0.25, 0.3) is 11.8 Å². The van der Waals surface area contributed by atoms with Gasteiger partial charge in [-0.3, -0.25) is 19.8 Å². The number of anilines is 2. The molecule has 1 saturated heterocycles. The van der Waals surface area contributed by atoms with E-state index in [1.807, 2.05) is 98.2 Å². The van der Waals surface area contributed by atoms with Gasteiger partial charge in [-0.2, -0.15) is 0 Å². The first-order valence-electron chi connectivity index (χ1n) is 10.2. The second-order valence-electron chi connectivity index (χ2n) is 8.02. The van der Waals surface area contributed by atoms with E-state index in [-0.39, 0.29) is 10.7 Å². The van der Waals surface area contributed by atoms with E-state index in [4.69, 9.17) is 12.2 Å². The van der Waals surface area contributed by atoms with Crippen LogP contribution in [0, 0.1) is 13.8 Å². The topological polar surface area (TPSA) is 57.6 Å². The summed E-state index contributed by atoms with van der Waals surface area (Å²) in [6.45, 7) is 3.91. The standard InChI is InChI=1S/C25H24N4O2S/c1-16-12-17(2)14-21(13-16)29-24(31)22(23(30)26-25(29)32)15-20-6-5-11-28(20)19-9-7-18(8-10-19)27(3)4/h5-15H,1-4H3,(H,26,30,32)/b22-15+. The first-order valence-corrected chi connectivity index (χ1v) is 10.6. The van der Waals surface area contributed by atoms with Crippen molar-refractivity contribution in [2.45, 2.75) is 13.8 Å². The first kappa shape index (κ1) is 21.5. The van der Waals surface area contributed by atoms with Crippen molar-refractivity contribution < 1.29 is 9.59 Å². The number of amides is 2. The van der Waals surface area contributed by atoms with E-state index in [0.717, 1.165) is 22.5 Å². The number of nitrogens with zero attached hydrogens (tertiary/aromatic N) is 3. The number of hydrogen-bond acceptors (Lipinski definition) is 4. The van der Waals surface area contributed by atoms with E-state index >= 15 is 0 Å². The molecule has 2 amide bonds. The third kappa shape index (κ3) is 4.07. The molecule has 0 radical (unpaired) electrons. The molecule has 162 valence electrons. The van der Waals surface area contributed by atoms with Gasteiger partial charge < -0.3 is 9.47 Å². The van der Waals surface area contributed by atoms with Crippen molar-refractivity contribution in [3.05, 3.63) is 83.2 Å². The Morgan fingerprint density at radius 3 is 2.22 bits per heavy atom. The molecule has 1 aromatic heterocycles. The fourth-order valence-corrected chi connectivity index (χ4v) is 4.06. The third-order valence-corrected chi connectivity index (χ3v) is 5.57. The van der Waals surface area contributed by atoms with E-state index in [0.29, 0.717) is 11.4 Å². The highest BCUT2D eigenvalue weighted by Gasteiger charge is 2.34. The fourth-order valence-electron chi connectivity index (χ4n) is 3.78. The number of rotatable bonds is 4. The number of thiocarbonyl (C=S) groups is 1. The van der Waals surface area contributed by atoms with Gasteiger partial charge in [-0.15, -0.1) is 0 Å². The Morgan fingerprint density at radius 2 is 1.59 bits per heavy atom. The van der Waals surface area contributed by atoms with Crippen molar-refractivity contribution in [2.24, 2.45) is 0 Å². The van der Waals surface area contributed by atoms with E-state index in [1.165, 1.54) is 4.90 Å². The van der Waals surface area contributed by atoms with Crippen LogP contribution in [0.15, 0.2) is 66.4 Å². The van der Waals surface area contributed by atoms with Crippen molar-refractivity contribution in [3.63, 3.8) is 0 Å². The van der Waals surface area contributed by atoms with Crippen LogP contribution in [0.1, 0.15) is 16.8 Å². The quantitative estimate of drug-likeness (QED) is 0.376. The molecule has 1 fully saturated rings. The van der Waals surface area contributed by atoms with Gasteiger partial charge in [0.1, 0.15) is 5.57 Å². The van der Waals surface area contributed by atoms with Crippen LogP contribution < -0.4 is 15.1 Å². The largest absolute Gasteiger partial charge is 0.378 e. The lowest BCUT2D eigenvalue weighted by molar-refractivity contribution is -0.122. The summed E-state index contributed by atoms with van der Waals surface area (Å²) < 4.78 is 1.93. The predicted molar refractivity (Wildman–Crippen MR) is 132 cm³/mol. The maximum atomic E-state index is 13.4. The fraction of sp³-hybridized carbons (Fsp3) is 0.160. The molecule has 3 aromatic rings. The molecule has 1 N–H and O–H groups in total. The smallest absolute Gasteiger partial charge is 0.270 e. The number of benzene rings is 2. The Labute approximate surface area is 192 Å². The number of aryl methyl sites for hydroxylation is 2. The van der Waals surface area contributed by atoms with Crippen molar-refractivity contribution in [1.29, 1.82) is 0 Å². The lowest BCUT2D eigenvalue weighted by Gasteiger charge is -2.29. The SMILES string of the molecule is Cc1cc(C)cc(N2C(=O)/C(=C/c3cccn3-c3ccc(N(C)C)cc3)C(=O)NC2=S)c1. The highest BCUT2D eigenvalue weighted by molar-refractivity contribution is 7.80. The molecule has 1 aliphatic heterocycles. The molecule has 32 heavy (non-hydrogen) atoms. The monoisotopic (exact) mass is 444 g/mol. The van der Waals surface area contributed by atoms with Gasteiger partial charge in [-0.25, -0.2) is 0 Å². The highest BCUT2D eigenvalue weighted by Crippen LogP contribution is 2.25. The summed E-state index contributed by atoms with van der Waals surface area (Å²) in [5, 5.41) is 2.73. The molecule has 0 aliphatic carbocycles. The molecule has 0 unspecified atom stereocenters. The van der Waals surface area contributed by atoms with Crippen molar-refractivity contribution in [3.8, 4) is 5.69 Å². The third-order valence-electron chi connectivity index (χ3n) is 5.28. The van der Waals surface area contributed by atoms with E-state index in [9.17, 15) is 9.59 Å². The van der Waals surface area contributed by atoms with E-state index in [1.54, 1.807) is 6.08 Å². The summed E-state index contributed by atoms with van der Waals surface area (Å²) >= 11 is 5.32. The van der Waals surface area contributed by atoms with Crippen LogP contribution in [-0.4, -0.2) is 35.6 Å². The van der Waals surface area contributed by atoms with E-state index in [2.05, 4.69) is 5.32 Å². The van der Waals surface area contributed by atoms with E-state index < -0.39 is 11.8 Å². The van der Waals surface area contributed by atoms with Crippen molar-refractivity contribution in [1.82, 2.24) is 9.88 Å². The van der Waals surface area contributed by atoms with Crippen molar-refractivity contribution >= 4 is 46.6 Å². The highest BCUT2D eigenvalue weighted by atomic mass is 32.1. The summed E-state index contributed by atoms with van der Waals surface area (Å²) in [5.41, 5.74) is 5.41. The van der Waals surface area contributed by atoms with Crippen LogP contribution in [0.5, 0.6) is 0 Å². The summed E-state index contributed by atoms with van der Waals surface area (Å²) in [5.74, 6) is -0.948. The van der Waals surface area contributed by atoms with Gasteiger partial charge in [0.15, 0.2) is 5.11 Å². The van der Waals surface area contributed by atoms with Crippen LogP contribution >= 0.6 is 12.2 Å². The molecule has 2 heterocycles. The van der Waals surface area contributed by atoms with Gasteiger partial charge >= 0.3 is 0 Å². The molecule has 7 heteroatoms. The maximum absolute atomic E-state index is 13.4. The minimum Gasteiger partial charge on any atom is -0.378 e. The van der Waals surface area contributed by atoms with Crippen LogP contribution in [-0.2, 0) is 9.59 Å². The normalized spacial score (nSPS) is 15.3. The summed E-state index contributed by atoms with van der Waals surface area (Å²) in [7, 11) is 3.97. The predicted octanol–water partition coefficient (Wildman–Crippen LogP) is 3.99. The lowest BCUT2D eigenvalue weighted by Crippen LogP contribution is -2.54. The number of carbonyl (C=O) groups excluding carboxylic acids is 2. The van der Waals surface area contributed by atoms with Gasteiger partial charge in [0.05, 0.1) is 5.69 Å². The van der Waals surface area contributed by atoms with Gasteiger partial charge in [0.2, 0.25) is 0 Å². The van der Waals surface area contributed by atoms with Crippen LogP contribution in [0.2, 0.25) is 0 Å². The van der Waals surface area contributed by atoms with Gasteiger partial charge in [-0.05, 0) is 91.8 Å². The number of aromatic nitrogens is 1. The Hall–Kier alpha value is -3.71. The molecular weight excluding hydrogens is 420 g/mol. The van der Waals surface area contributed by atoms with Crippen LogP contribution in [0.4, 0.5) is 11.4 Å². The summed E-state index contributed by atoms with van der Waals surface area (Å²) in [6.07, 6.45) is 3.50. The minimum absolute atomic E-state index is 0.0302. The Bertz CT molecular complexity index is 1230. The van der Waals surface area contributed by atoms with Gasteiger partial charge in [-0.1, -0.05) is 6.07 Å². The zero-order valence-electron chi connectivity index (χ0n) is 18.4. The average molecular weight is 445 g/mol. The average Bonchev–Trinajstić information content (AvgIpc) is 3.18. The van der Waals surface area contributed by atoms with Crippen molar-refractivity contribution in [2.75, 3.05) is 23.9 Å². The van der Waals surface area contributed by atoms with Gasteiger partial charge in [0, 0.05) is 37.4 Å². The van der Waals surface area contributed by atoms with Gasteiger partial charge in [0.25, 0.3) is 11.8 Å². The maximum Gasteiger partial charge on any atom is 0.270 e. The molecular formula is C25H24N4O2S. The molecule has 0 bridgehead atoms. The Balaban J connectivity index is 1.72. The number of nitrogens with one attached hydrogen (secondary N) is 1. The summed E-state index contributed by atoms with van der Waals surface area (Å²) in [4.78, 5) is 29.5. The molecule has 0 atom stereocenters. The lowest BCUT2D eigenvalue weighted by atomic mass is 10.1. The summed E-state index contributed by atoms with van der Waals surface area (Å²) in [6, 6.07) is 17.5. The second kappa shape index (κ2) is 8.43. The second-order valence-corrected chi connectivity index (χ2v) is 8.40. The minimum atomic E-state index is -0.503. The molecule has 0 saturated carbocycles. The zero-order chi connectivity index (χ0) is 23.0. The number of hydrogen-bond donors (Lipinski definition) is 1. The molecule has 6 nitrogen and oxygen atoms in total.